The number of rotatable bonds is 10. The largest absolute Gasteiger partial charge is 0.416 e. The van der Waals surface area contributed by atoms with Crippen molar-refractivity contribution in [2.75, 3.05) is 6.54 Å². The van der Waals surface area contributed by atoms with Crippen molar-refractivity contribution in [2.45, 2.75) is 44.6 Å². The molecule has 1 amide bonds. The smallest absolute Gasteiger partial charge is 0.390 e. The summed E-state index contributed by atoms with van der Waals surface area (Å²) in [5, 5.41) is 15.8. The predicted molar refractivity (Wildman–Crippen MR) is 129 cm³/mol. The highest BCUT2D eigenvalue weighted by Crippen LogP contribution is 2.31. The van der Waals surface area contributed by atoms with Crippen molar-refractivity contribution in [3.63, 3.8) is 0 Å². The van der Waals surface area contributed by atoms with E-state index in [-0.39, 0.29) is 18.5 Å². The van der Waals surface area contributed by atoms with Gasteiger partial charge >= 0.3 is 6.18 Å². The predicted octanol–water partition coefficient (Wildman–Crippen LogP) is 5.09. The molecule has 37 heavy (non-hydrogen) atoms. The summed E-state index contributed by atoms with van der Waals surface area (Å²) in [5.74, 6) is -2.74. The normalized spacial score (nSPS) is 13.3. The Labute approximate surface area is 215 Å². The molecule has 2 aromatic carbocycles. The summed E-state index contributed by atoms with van der Waals surface area (Å²) >= 11 is 5.68. The van der Waals surface area contributed by atoms with E-state index in [2.05, 4.69) is 15.6 Å². The molecule has 5 nitrogen and oxygen atoms in total. The standard InChI is InChI=1S/C26H25ClF5N3O2/c1-2-15-4-3-5-16(6-15)13-33-14-23(36)21(9-17-7-19(28)12-20(29)8-17)35-25(37)22-10-18(26(30,31)32)11-24(27)34-22/h3-8,10-12,21,23,33,36H,2,9,13-14H2,1H3,(H,35,37)/t21-,23-/m0/s1. The Hall–Kier alpha value is -3.08. The van der Waals surface area contributed by atoms with Crippen molar-refractivity contribution in [3.8, 4) is 0 Å². The fourth-order valence-electron chi connectivity index (χ4n) is 3.75. The molecule has 0 saturated carbocycles. The van der Waals surface area contributed by atoms with Crippen LogP contribution in [0.3, 0.4) is 0 Å². The van der Waals surface area contributed by atoms with E-state index in [1.165, 1.54) is 0 Å². The summed E-state index contributed by atoms with van der Waals surface area (Å²) in [7, 11) is 0. The van der Waals surface area contributed by atoms with Gasteiger partial charge in [0.05, 0.1) is 17.7 Å². The van der Waals surface area contributed by atoms with Gasteiger partial charge in [-0.1, -0.05) is 42.8 Å². The molecule has 198 valence electrons. The molecule has 0 aliphatic carbocycles. The zero-order valence-corrected chi connectivity index (χ0v) is 20.5. The van der Waals surface area contributed by atoms with E-state index in [4.69, 9.17) is 11.6 Å². The Morgan fingerprint density at radius 3 is 2.35 bits per heavy atom. The van der Waals surface area contributed by atoms with Crippen LogP contribution in [0.4, 0.5) is 22.0 Å². The van der Waals surface area contributed by atoms with E-state index >= 15 is 0 Å². The van der Waals surface area contributed by atoms with Crippen LogP contribution in [0.15, 0.2) is 54.6 Å². The van der Waals surface area contributed by atoms with Crippen LogP contribution in [-0.4, -0.2) is 34.7 Å². The van der Waals surface area contributed by atoms with Crippen molar-refractivity contribution < 1.29 is 31.9 Å². The molecule has 0 unspecified atom stereocenters. The van der Waals surface area contributed by atoms with Gasteiger partial charge < -0.3 is 15.7 Å². The van der Waals surface area contributed by atoms with Gasteiger partial charge in [-0.3, -0.25) is 4.79 Å². The first-order valence-electron chi connectivity index (χ1n) is 11.4. The SMILES string of the molecule is CCc1cccc(CNC[C@H](O)[C@H](Cc2cc(F)cc(F)c2)NC(=O)c2cc(C(F)(F)F)cc(Cl)n2)c1. The minimum Gasteiger partial charge on any atom is -0.390 e. The summed E-state index contributed by atoms with van der Waals surface area (Å²) < 4.78 is 66.9. The van der Waals surface area contributed by atoms with Gasteiger partial charge in [0.15, 0.2) is 0 Å². The van der Waals surface area contributed by atoms with Crippen LogP contribution < -0.4 is 10.6 Å². The van der Waals surface area contributed by atoms with Gasteiger partial charge in [0.25, 0.3) is 5.91 Å². The summed E-state index contributed by atoms with van der Waals surface area (Å²) in [4.78, 5) is 16.5. The van der Waals surface area contributed by atoms with Gasteiger partial charge in [0.1, 0.15) is 22.5 Å². The number of aromatic nitrogens is 1. The molecular weight excluding hydrogens is 517 g/mol. The number of aliphatic hydroxyl groups is 1. The maximum absolute atomic E-state index is 13.7. The number of hydrogen-bond acceptors (Lipinski definition) is 4. The van der Waals surface area contributed by atoms with E-state index in [0.29, 0.717) is 24.7 Å². The Kier molecular flexibility index (Phi) is 9.58. The van der Waals surface area contributed by atoms with E-state index in [0.717, 1.165) is 29.7 Å². The van der Waals surface area contributed by atoms with Crippen molar-refractivity contribution in [3.05, 3.63) is 99.3 Å². The average molecular weight is 542 g/mol. The monoisotopic (exact) mass is 541 g/mol. The first-order chi connectivity index (χ1) is 17.4. The highest BCUT2D eigenvalue weighted by atomic mass is 35.5. The number of alkyl halides is 3. The van der Waals surface area contributed by atoms with Crippen LogP contribution in [0.25, 0.3) is 0 Å². The zero-order chi connectivity index (χ0) is 27.2. The number of nitrogens with zero attached hydrogens (tertiary/aromatic N) is 1. The molecule has 3 rings (SSSR count). The fraction of sp³-hybridized carbons (Fsp3) is 0.308. The Balaban J connectivity index is 1.78. The second-order valence-electron chi connectivity index (χ2n) is 8.50. The number of nitrogens with one attached hydrogen (secondary N) is 2. The van der Waals surface area contributed by atoms with Crippen LogP contribution >= 0.6 is 11.6 Å². The highest BCUT2D eigenvalue weighted by Gasteiger charge is 2.33. The highest BCUT2D eigenvalue weighted by molar-refractivity contribution is 6.29. The van der Waals surface area contributed by atoms with E-state index in [1.54, 1.807) is 0 Å². The molecule has 0 aliphatic rings. The lowest BCUT2D eigenvalue weighted by atomic mass is 10.00. The number of benzene rings is 2. The first-order valence-corrected chi connectivity index (χ1v) is 11.8. The second-order valence-corrected chi connectivity index (χ2v) is 8.88. The lowest BCUT2D eigenvalue weighted by molar-refractivity contribution is -0.137. The minimum atomic E-state index is -4.77. The molecule has 0 spiro atoms. The molecule has 11 heteroatoms. The molecule has 0 fully saturated rings. The molecule has 1 aromatic heterocycles. The Morgan fingerprint density at radius 1 is 1.03 bits per heavy atom. The van der Waals surface area contributed by atoms with Gasteiger partial charge in [0, 0.05) is 19.2 Å². The Morgan fingerprint density at radius 2 is 1.70 bits per heavy atom. The summed E-state index contributed by atoms with van der Waals surface area (Å²) in [6.45, 7) is 2.38. The zero-order valence-electron chi connectivity index (χ0n) is 19.7. The van der Waals surface area contributed by atoms with Crippen molar-refractivity contribution in [1.82, 2.24) is 15.6 Å². The van der Waals surface area contributed by atoms with Crippen LogP contribution in [0.5, 0.6) is 0 Å². The molecule has 2 atom stereocenters. The third-order valence-electron chi connectivity index (χ3n) is 5.60. The number of amides is 1. The third kappa shape index (κ3) is 8.48. The van der Waals surface area contributed by atoms with Crippen LogP contribution in [0.2, 0.25) is 5.15 Å². The number of pyridine rings is 1. The minimum absolute atomic E-state index is 0.0319. The maximum atomic E-state index is 13.7. The Bertz CT molecular complexity index is 1220. The van der Waals surface area contributed by atoms with Gasteiger partial charge in [-0.15, -0.1) is 0 Å². The topological polar surface area (TPSA) is 74.2 Å². The second kappa shape index (κ2) is 12.4. The van der Waals surface area contributed by atoms with E-state index in [1.807, 2.05) is 31.2 Å². The number of carbonyl (C=O) groups is 1. The summed E-state index contributed by atoms with van der Waals surface area (Å²) in [6, 6.07) is 10.5. The number of aliphatic hydroxyl groups excluding tert-OH is 1. The molecule has 1 heterocycles. The van der Waals surface area contributed by atoms with Crippen LogP contribution in [0, 0.1) is 11.6 Å². The molecule has 3 aromatic rings. The molecule has 0 saturated heterocycles. The average Bonchev–Trinajstić information content (AvgIpc) is 2.82. The molecule has 3 N–H and O–H groups in total. The lowest BCUT2D eigenvalue weighted by Gasteiger charge is -2.25. The number of aryl methyl sites for hydroxylation is 1. The van der Waals surface area contributed by atoms with Gasteiger partial charge in [-0.05, 0) is 53.8 Å². The quantitative estimate of drug-likeness (QED) is 0.247. The van der Waals surface area contributed by atoms with Crippen LogP contribution in [-0.2, 0) is 25.6 Å². The first kappa shape index (κ1) is 28.5. The maximum Gasteiger partial charge on any atom is 0.416 e. The summed E-state index contributed by atoms with van der Waals surface area (Å²) in [5.41, 5.74) is 0.435. The number of halogens is 6. The molecular formula is C26H25ClF5N3O2. The van der Waals surface area contributed by atoms with Gasteiger partial charge in [-0.2, -0.15) is 13.2 Å². The lowest BCUT2D eigenvalue weighted by Crippen LogP contribution is -2.49. The third-order valence-corrected chi connectivity index (χ3v) is 5.79. The molecule has 0 aliphatic heterocycles. The van der Waals surface area contributed by atoms with Crippen LogP contribution in [0.1, 0.15) is 39.7 Å². The van der Waals surface area contributed by atoms with Gasteiger partial charge in [-0.25, -0.2) is 13.8 Å². The summed E-state index contributed by atoms with van der Waals surface area (Å²) in [6.07, 6.45) is -5.40. The fourth-order valence-corrected chi connectivity index (χ4v) is 3.96. The molecule has 0 radical (unpaired) electrons. The van der Waals surface area contributed by atoms with Crippen molar-refractivity contribution >= 4 is 17.5 Å². The van der Waals surface area contributed by atoms with Gasteiger partial charge in [0.2, 0.25) is 0 Å². The molecule has 0 bridgehead atoms. The van der Waals surface area contributed by atoms with E-state index in [9.17, 15) is 31.9 Å². The van der Waals surface area contributed by atoms with Crippen molar-refractivity contribution in [1.29, 1.82) is 0 Å². The van der Waals surface area contributed by atoms with E-state index < -0.39 is 52.3 Å². The van der Waals surface area contributed by atoms with Crippen molar-refractivity contribution in [2.24, 2.45) is 0 Å². The number of carbonyl (C=O) groups excluding carboxylic acids is 1. The number of hydrogen-bond donors (Lipinski definition) is 3.